The lowest BCUT2D eigenvalue weighted by molar-refractivity contribution is 0.478. The fraction of sp³-hybridized carbons (Fsp3) is 0.0833. The third-order valence-corrected chi connectivity index (χ3v) is 2.38. The van der Waals surface area contributed by atoms with Gasteiger partial charge < -0.3 is 10.8 Å². The van der Waals surface area contributed by atoms with Crippen molar-refractivity contribution in [3.8, 4) is 16.9 Å². The van der Waals surface area contributed by atoms with E-state index in [4.69, 9.17) is 5.73 Å². The summed E-state index contributed by atoms with van der Waals surface area (Å²) >= 11 is 0. The summed E-state index contributed by atoms with van der Waals surface area (Å²) in [6, 6.07) is 7.15. The van der Waals surface area contributed by atoms with Gasteiger partial charge >= 0.3 is 0 Å². The third kappa shape index (κ3) is 1.76. The topological polar surface area (TPSA) is 59.1 Å². The van der Waals surface area contributed by atoms with Gasteiger partial charge in [0.05, 0.1) is 5.69 Å². The molecule has 0 spiro atoms. The SMILES string of the molecule is Cc1ccncc1-c1ccc(N)c(O)c1. The van der Waals surface area contributed by atoms with Crippen LogP contribution in [0.15, 0.2) is 36.7 Å². The molecule has 0 aliphatic heterocycles. The largest absolute Gasteiger partial charge is 0.506 e. The van der Waals surface area contributed by atoms with Gasteiger partial charge in [0.2, 0.25) is 0 Å². The lowest BCUT2D eigenvalue weighted by Gasteiger charge is -2.06. The minimum absolute atomic E-state index is 0.107. The van der Waals surface area contributed by atoms with Crippen molar-refractivity contribution >= 4 is 5.69 Å². The molecule has 1 heterocycles. The van der Waals surface area contributed by atoms with E-state index < -0.39 is 0 Å². The van der Waals surface area contributed by atoms with Crippen molar-refractivity contribution in [1.29, 1.82) is 0 Å². The van der Waals surface area contributed by atoms with Crippen molar-refractivity contribution in [2.75, 3.05) is 5.73 Å². The maximum absolute atomic E-state index is 9.51. The first-order valence-corrected chi connectivity index (χ1v) is 4.68. The van der Waals surface area contributed by atoms with Crippen LogP contribution in [0.4, 0.5) is 5.69 Å². The molecule has 2 rings (SSSR count). The molecule has 0 atom stereocenters. The summed E-state index contributed by atoms with van der Waals surface area (Å²) in [7, 11) is 0. The van der Waals surface area contributed by atoms with Gasteiger partial charge in [0.1, 0.15) is 5.75 Å². The van der Waals surface area contributed by atoms with E-state index in [1.54, 1.807) is 24.5 Å². The molecule has 0 unspecified atom stereocenters. The van der Waals surface area contributed by atoms with Crippen molar-refractivity contribution in [2.24, 2.45) is 0 Å². The number of rotatable bonds is 1. The minimum atomic E-state index is 0.107. The number of anilines is 1. The second kappa shape index (κ2) is 3.61. The standard InChI is InChI=1S/C12H12N2O/c1-8-4-5-14-7-10(8)9-2-3-11(13)12(15)6-9/h2-7,15H,13H2,1H3. The van der Waals surface area contributed by atoms with Crippen molar-refractivity contribution in [3.05, 3.63) is 42.2 Å². The molecule has 0 amide bonds. The van der Waals surface area contributed by atoms with Crippen molar-refractivity contribution in [1.82, 2.24) is 4.98 Å². The van der Waals surface area contributed by atoms with E-state index in [-0.39, 0.29) is 5.75 Å². The van der Waals surface area contributed by atoms with Crippen molar-refractivity contribution in [2.45, 2.75) is 6.92 Å². The van der Waals surface area contributed by atoms with E-state index in [1.165, 1.54) is 0 Å². The number of aromatic nitrogens is 1. The van der Waals surface area contributed by atoms with Crippen LogP contribution in [0.5, 0.6) is 5.75 Å². The average Bonchev–Trinajstić information content (AvgIpc) is 2.23. The van der Waals surface area contributed by atoms with Gasteiger partial charge in [-0.25, -0.2) is 0 Å². The minimum Gasteiger partial charge on any atom is -0.506 e. The fourth-order valence-electron chi connectivity index (χ4n) is 1.48. The van der Waals surface area contributed by atoms with Gasteiger partial charge in [-0.3, -0.25) is 4.98 Å². The zero-order valence-corrected chi connectivity index (χ0v) is 8.44. The summed E-state index contributed by atoms with van der Waals surface area (Å²) in [5, 5.41) is 9.51. The Hall–Kier alpha value is -2.03. The van der Waals surface area contributed by atoms with Crippen LogP contribution in [0.2, 0.25) is 0 Å². The Morgan fingerprint density at radius 2 is 2.07 bits per heavy atom. The van der Waals surface area contributed by atoms with Crippen LogP contribution in [-0.4, -0.2) is 10.1 Å². The molecule has 1 aromatic carbocycles. The number of hydrogen-bond donors (Lipinski definition) is 2. The number of phenolic OH excluding ortho intramolecular Hbond substituents is 1. The molecule has 0 fully saturated rings. The number of nitrogens with zero attached hydrogens (tertiary/aromatic N) is 1. The highest BCUT2D eigenvalue weighted by molar-refractivity contribution is 5.71. The molecular formula is C12H12N2O. The highest BCUT2D eigenvalue weighted by Crippen LogP contribution is 2.28. The summed E-state index contributed by atoms with van der Waals surface area (Å²) < 4.78 is 0. The Kier molecular flexibility index (Phi) is 2.29. The predicted molar refractivity (Wildman–Crippen MR) is 60.5 cm³/mol. The summed E-state index contributed by atoms with van der Waals surface area (Å²) in [6.07, 6.45) is 3.52. The predicted octanol–water partition coefficient (Wildman–Crippen LogP) is 2.34. The molecular weight excluding hydrogens is 188 g/mol. The zero-order chi connectivity index (χ0) is 10.8. The smallest absolute Gasteiger partial charge is 0.139 e. The molecule has 3 nitrogen and oxygen atoms in total. The van der Waals surface area contributed by atoms with E-state index in [2.05, 4.69) is 4.98 Å². The normalized spacial score (nSPS) is 10.2. The number of hydrogen-bond acceptors (Lipinski definition) is 3. The highest BCUT2D eigenvalue weighted by atomic mass is 16.3. The first kappa shape index (κ1) is 9.52. The molecule has 3 N–H and O–H groups in total. The first-order valence-electron chi connectivity index (χ1n) is 4.68. The van der Waals surface area contributed by atoms with Crippen molar-refractivity contribution < 1.29 is 5.11 Å². The van der Waals surface area contributed by atoms with E-state index in [9.17, 15) is 5.11 Å². The molecule has 0 radical (unpaired) electrons. The number of aryl methyl sites for hydroxylation is 1. The van der Waals surface area contributed by atoms with Crippen LogP contribution in [0, 0.1) is 6.92 Å². The monoisotopic (exact) mass is 200 g/mol. The number of phenols is 1. The van der Waals surface area contributed by atoms with Gasteiger partial charge in [-0.15, -0.1) is 0 Å². The lowest BCUT2D eigenvalue weighted by atomic mass is 10.0. The molecule has 3 heteroatoms. The van der Waals surface area contributed by atoms with Crippen LogP contribution in [-0.2, 0) is 0 Å². The molecule has 2 aromatic rings. The summed E-state index contributed by atoms with van der Waals surface area (Å²) in [5.41, 5.74) is 8.98. The number of aromatic hydroxyl groups is 1. The molecule has 0 saturated carbocycles. The van der Waals surface area contributed by atoms with E-state index in [0.717, 1.165) is 16.7 Å². The average molecular weight is 200 g/mol. The Bertz CT molecular complexity index is 495. The van der Waals surface area contributed by atoms with Crippen LogP contribution < -0.4 is 5.73 Å². The quantitative estimate of drug-likeness (QED) is 0.548. The number of nitrogens with two attached hydrogens (primary N) is 1. The van der Waals surface area contributed by atoms with E-state index in [0.29, 0.717) is 5.69 Å². The van der Waals surface area contributed by atoms with Gasteiger partial charge in [0, 0.05) is 18.0 Å². The molecule has 1 aromatic heterocycles. The molecule has 0 saturated heterocycles. The summed E-state index contributed by atoms with van der Waals surface area (Å²) in [4.78, 5) is 4.06. The van der Waals surface area contributed by atoms with Crippen LogP contribution in [0.1, 0.15) is 5.56 Å². The van der Waals surface area contributed by atoms with Crippen LogP contribution >= 0.6 is 0 Å². The second-order valence-corrected chi connectivity index (χ2v) is 3.46. The Labute approximate surface area is 88.2 Å². The number of benzene rings is 1. The zero-order valence-electron chi connectivity index (χ0n) is 8.44. The Morgan fingerprint density at radius 3 is 2.73 bits per heavy atom. The van der Waals surface area contributed by atoms with E-state index >= 15 is 0 Å². The maximum atomic E-state index is 9.51. The highest BCUT2D eigenvalue weighted by Gasteiger charge is 2.04. The maximum Gasteiger partial charge on any atom is 0.139 e. The number of nitrogen functional groups attached to an aromatic ring is 1. The third-order valence-electron chi connectivity index (χ3n) is 2.38. The molecule has 76 valence electrons. The Morgan fingerprint density at radius 1 is 1.27 bits per heavy atom. The summed E-state index contributed by atoms with van der Waals surface area (Å²) in [5.74, 6) is 0.107. The van der Waals surface area contributed by atoms with Gasteiger partial charge in [-0.2, -0.15) is 0 Å². The van der Waals surface area contributed by atoms with Gasteiger partial charge in [-0.1, -0.05) is 6.07 Å². The number of pyridine rings is 1. The fourth-order valence-corrected chi connectivity index (χ4v) is 1.48. The molecule has 0 aliphatic rings. The van der Waals surface area contributed by atoms with Gasteiger partial charge in [-0.05, 0) is 36.2 Å². The van der Waals surface area contributed by atoms with E-state index in [1.807, 2.05) is 19.1 Å². The molecule has 0 aliphatic carbocycles. The molecule has 15 heavy (non-hydrogen) atoms. The Balaban J connectivity index is 2.55. The van der Waals surface area contributed by atoms with Crippen LogP contribution in [0.3, 0.4) is 0 Å². The second-order valence-electron chi connectivity index (χ2n) is 3.46. The van der Waals surface area contributed by atoms with Gasteiger partial charge in [0.15, 0.2) is 0 Å². The van der Waals surface area contributed by atoms with Gasteiger partial charge in [0.25, 0.3) is 0 Å². The van der Waals surface area contributed by atoms with Crippen LogP contribution in [0.25, 0.3) is 11.1 Å². The molecule has 0 bridgehead atoms. The first-order chi connectivity index (χ1) is 7.18. The lowest BCUT2D eigenvalue weighted by Crippen LogP contribution is -1.88. The summed E-state index contributed by atoms with van der Waals surface area (Å²) in [6.45, 7) is 2.00. The van der Waals surface area contributed by atoms with Crippen molar-refractivity contribution in [3.63, 3.8) is 0 Å².